The maximum Gasteiger partial charge on any atom is 0.253 e. The minimum absolute atomic E-state index is 0.0746. The molecule has 0 spiro atoms. The number of aliphatic imine (C=N–C) groups is 2. The number of hydrogen-bond donors (Lipinski definition) is 8. The average Bonchev–Trinajstić information content (AvgIpc) is 3.18. The molecule has 4 atom stereocenters. The van der Waals surface area contributed by atoms with E-state index in [1.165, 1.54) is 19.1 Å². The SMILES string of the molecule is CC(=O)N(C(=O)/C=C/c1ccccc1)[C@@H](Cc1ccccc1)C(=O)N[C@@H](Cc1ccc(N=C(N)N)cc1)C(=O)N[C@@H](CC(C)C)C(=O)N[C@@H](CCCN=C(N)N)C(N)=O. The van der Waals surface area contributed by atoms with E-state index in [1.807, 2.05) is 19.9 Å². The zero-order chi connectivity index (χ0) is 43.5. The van der Waals surface area contributed by atoms with Gasteiger partial charge in [-0.05, 0) is 60.1 Å². The maximum atomic E-state index is 14.5. The van der Waals surface area contributed by atoms with Crippen LogP contribution in [0.3, 0.4) is 0 Å². The Morgan fingerprint density at radius 3 is 1.80 bits per heavy atom. The summed E-state index contributed by atoms with van der Waals surface area (Å²) in [6.45, 7) is 5.07. The average molecular weight is 810 g/mol. The summed E-state index contributed by atoms with van der Waals surface area (Å²) in [5.41, 5.74) is 29.8. The predicted octanol–water partition coefficient (Wildman–Crippen LogP) is 0.873. The summed E-state index contributed by atoms with van der Waals surface area (Å²) < 4.78 is 0. The van der Waals surface area contributed by atoms with Crippen molar-refractivity contribution in [1.29, 1.82) is 0 Å². The Balaban J connectivity index is 2.01. The molecule has 17 nitrogen and oxygen atoms in total. The molecule has 0 heterocycles. The normalized spacial score (nSPS) is 12.9. The summed E-state index contributed by atoms with van der Waals surface area (Å²) in [5.74, 6) is -4.85. The first-order chi connectivity index (χ1) is 28.0. The molecule has 3 aromatic rings. The topological polar surface area (TPSA) is 297 Å². The molecule has 0 saturated carbocycles. The van der Waals surface area contributed by atoms with Crippen LogP contribution in [-0.2, 0) is 41.6 Å². The lowest BCUT2D eigenvalue weighted by atomic mass is 9.99. The second kappa shape index (κ2) is 23.3. The Bertz CT molecular complexity index is 1980. The molecule has 3 rings (SSSR count). The number of rotatable bonds is 21. The molecule has 0 unspecified atom stereocenters. The lowest BCUT2D eigenvalue weighted by Crippen LogP contribution is -2.59. The fourth-order valence-electron chi connectivity index (χ4n) is 6.08. The Morgan fingerprint density at radius 2 is 1.24 bits per heavy atom. The number of nitrogens with one attached hydrogen (secondary N) is 3. The number of carbonyl (C=O) groups is 6. The first-order valence-electron chi connectivity index (χ1n) is 19.1. The Hall–Kier alpha value is -7.04. The summed E-state index contributed by atoms with van der Waals surface area (Å²) in [6.07, 6.45) is 3.18. The van der Waals surface area contributed by atoms with E-state index < -0.39 is 59.6 Å². The molecule has 3 aromatic carbocycles. The monoisotopic (exact) mass is 809 g/mol. The van der Waals surface area contributed by atoms with Crippen LogP contribution in [0.1, 0.15) is 56.7 Å². The second-order valence-corrected chi connectivity index (χ2v) is 14.2. The fourth-order valence-corrected chi connectivity index (χ4v) is 6.08. The molecule has 0 radical (unpaired) electrons. The van der Waals surface area contributed by atoms with E-state index in [0.717, 1.165) is 4.90 Å². The van der Waals surface area contributed by atoms with Gasteiger partial charge >= 0.3 is 0 Å². The van der Waals surface area contributed by atoms with E-state index in [2.05, 4.69) is 25.9 Å². The van der Waals surface area contributed by atoms with E-state index in [4.69, 9.17) is 28.7 Å². The highest BCUT2D eigenvalue weighted by Gasteiger charge is 2.36. The maximum absolute atomic E-state index is 14.5. The Morgan fingerprint density at radius 1 is 0.678 bits per heavy atom. The minimum atomic E-state index is -1.40. The summed E-state index contributed by atoms with van der Waals surface area (Å²) in [6, 6.07) is 19.3. The standard InChI is InChI=1S/C42H55N11O6/c1-26(2)23-33(38(57)50-32(37(43)56)15-10-22-48-41(44)45)51-39(58)34(24-30-16-19-31(20-17-30)49-42(46)47)52-40(59)35(25-29-13-8-5-9-14-29)53(27(3)54)36(55)21-18-28-11-6-4-7-12-28/h4-9,11-14,16-21,26,32-35H,10,15,22-25H2,1-3H3,(H2,43,56)(H,50,57)(H,51,58)(H,52,59)(H4,44,45,48)(H4,46,47,49)/b21-18+/t32-,33-,34-,35-/m0/s1. The molecular weight excluding hydrogens is 755 g/mol. The van der Waals surface area contributed by atoms with E-state index in [9.17, 15) is 28.8 Å². The van der Waals surface area contributed by atoms with Gasteiger partial charge in [-0.1, -0.05) is 86.6 Å². The van der Waals surface area contributed by atoms with Crippen molar-refractivity contribution in [1.82, 2.24) is 20.9 Å². The van der Waals surface area contributed by atoms with Gasteiger partial charge in [0.15, 0.2) is 11.9 Å². The Labute approximate surface area is 343 Å². The van der Waals surface area contributed by atoms with Crippen LogP contribution in [0.4, 0.5) is 5.69 Å². The molecule has 59 heavy (non-hydrogen) atoms. The van der Waals surface area contributed by atoms with E-state index in [1.54, 1.807) is 78.9 Å². The van der Waals surface area contributed by atoms with Gasteiger partial charge in [0.2, 0.25) is 29.5 Å². The van der Waals surface area contributed by atoms with Crippen molar-refractivity contribution in [3.05, 3.63) is 108 Å². The third-order valence-electron chi connectivity index (χ3n) is 8.89. The molecule has 13 N–H and O–H groups in total. The van der Waals surface area contributed by atoms with Crippen LogP contribution < -0.4 is 44.6 Å². The van der Waals surface area contributed by atoms with Crippen molar-refractivity contribution in [3.8, 4) is 0 Å². The van der Waals surface area contributed by atoms with Crippen molar-refractivity contribution < 1.29 is 28.8 Å². The molecule has 0 bridgehead atoms. The number of nitrogens with two attached hydrogens (primary N) is 5. The van der Waals surface area contributed by atoms with Gasteiger partial charge in [0.05, 0.1) is 5.69 Å². The number of hydrogen-bond acceptors (Lipinski definition) is 8. The van der Waals surface area contributed by atoms with Gasteiger partial charge < -0.3 is 44.6 Å². The van der Waals surface area contributed by atoms with Gasteiger partial charge in [-0.15, -0.1) is 0 Å². The van der Waals surface area contributed by atoms with Crippen molar-refractivity contribution in [2.75, 3.05) is 6.54 Å². The molecule has 6 amide bonds. The molecule has 0 aliphatic heterocycles. The third-order valence-corrected chi connectivity index (χ3v) is 8.89. The van der Waals surface area contributed by atoms with Crippen LogP contribution >= 0.6 is 0 Å². The lowest BCUT2D eigenvalue weighted by Gasteiger charge is -2.30. The number of nitrogens with zero attached hydrogens (tertiary/aromatic N) is 3. The molecule has 0 aliphatic carbocycles. The van der Waals surface area contributed by atoms with Crippen LogP contribution in [0.15, 0.2) is 101 Å². The van der Waals surface area contributed by atoms with Crippen LogP contribution in [0.25, 0.3) is 6.08 Å². The summed E-state index contributed by atoms with van der Waals surface area (Å²) in [5, 5.41) is 8.15. The lowest BCUT2D eigenvalue weighted by molar-refractivity contribution is -0.148. The smallest absolute Gasteiger partial charge is 0.253 e. The van der Waals surface area contributed by atoms with Crippen molar-refractivity contribution in [3.63, 3.8) is 0 Å². The van der Waals surface area contributed by atoms with Crippen LogP contribution in [-0.4, -0.2) is 83.0 Å². The number of guanidine groups is 2. The van der Waals surface area contributed by atoms with Gasteiger partial charge in [-0.2, -0.15) is 0 Å². The number of amides is 6. The summed E-state index contributed by atoms with van der Waals surface area (Å²) in [7, 11) is 0. The zero-order valence-electron chi connectivity index (χ0n) is 33.5. The summed E-state index contributed by atoms with van der Waals surface area (Å²) in [4.78, 5) is 90.5. The quantitative estimate of drug-likeness (QED) is 0.0325. The number of primary amides is 1. The van der Waals surface area contributed by atoms with E-state index in [0.29, 0.717) is 28.8 Å². The van der Waals surface area contributed by atoms with Gasteiger partial charge in [-0.25, -0.2) is 4.99 Å². The van der Waals surface area contributed by atoms with Crippen LogP contribution in [0, 0.1) is 5.92 Å². The van der Waals surface area contributed by atoms with Crippen molar-refractivity contribution in [2.24, 2.45) is 44.6 Å². The van der Waals surface area contributed by atoms with Crippen molar-refractivity contribution in [2.45, 2.75) is 77.0 Å². The Kier molecular flexibility index (Phi) is 18.3. The van der Waals surface area contributed by atoms with E-state index in [-0.39, 0.29) is 50.1 Å². The number of carbonyl (C=O) groups excluding carboxylic acids is 6. The number of imide groups is 1. The van der Waals surface area contributed by atoms with Gasteiger partial charge in [0, 0.05) is 32.4 Å². The molecule has 0 aliphatic rings. The van der Waals surface area contributed by atoms with Crippen LogP contribution in [0.5, 0.6) is 0 Å². The highest BCUT2D eigenvalue weighted by Crippen LogP contribution is 2.17. The molecule has 0 fully saturated rings. The largest absolute Gasteiger partial charge is 0.370 e. The number of benzene rings is 3. The van der Waals surface area contributed by atoms with Crippen molar-refractivity contribution >= 4 is 59.1 Å². The first-order valence-corrected chi connectivity index (χ1v) is 19.1. The first kappa shape index (κ1) is 46.3. The van der Waals surface area contributed by atoms with Gasteiger partial charge in [0.1, 0.15) is 24.2 Å². The predicted molar refractivity (Wildman–Crippen MR) is 227 cm³/mol. The van der Waals surface area contributed by atoms with E-state index >= 15 is 0 Å². The minimum Gasteiger partial charge on any atom is -0.370 e. The molecular formula is C42H55N11O6. The van der Waals surface area contributed by atoms with Gasteiger partial charge in [-0.3, -0.25) is 38.7 Å². The second-order valence-electron chi connectivity index (χ2n) is 14.2. The molecule has 17 heteroatoms. The molecule has 314 valence electrons. The third kappa shape index (κ3) is 16.2. The van der Waals surface area contributed by atoms with Gasteiger partial charge in [0.25, 0.3) is 5.91 Å². The highest BCUT2D eigenvalue weighted by molar-refractivity contribution is 6.06. The van der Waals surface area contributed by atoms with Crippen LogP contribution in [0.2, 0.25) is 0 Å². The zero-order valence-corrected chi connectivity index (χ0v) is 33.5. The fraction of sp³-hybridized carbons (Fsp3) is 0.333. The molecule has 0 saturated heterocycles. The molecule has 0 aromatic heterocycles. The summed E-state index contributed by atoms with van der Waals surface area (Å²) >= 11 is 0. The highest BCUT2D eigenvalue weighted by atomic mass is 16.2.